The third-order valence-corrected chi connectivity index (χ3v) is 7.52. The Kier molecular flexibility index (Phi) is 5.19. The Hall–Kier alpha value is -2.35. The van der Waals surface area contributed by atoms with E-state index < -0.39 is 0 Å². The first-order chi connectivity index (χ1) is 12.8. The Morgan fingerprint density at radius 1 is 0.731 bits per heavy atom. The molecule has 2 atom stereocenters. The van der Waals surface area contributed by atoms with Crippen molar-refractivity contribution >= 4 is 20.9 Å². The van der Waals surface area contributed by atoms with E-state index in [-0.39, 0.29) is 25.8 Å². The number of rotatable bonds is 6. The molecule has 0 radical (unpaired) electrons. The van der Waals surface area contributed by atoms with Gasteiger partial charge in [-0.2, -0.15) is 0 Å². The Balaban J connectivity index is 1.53. The van der Waals surface area contributed by atoms with E-state index in [9.17, 15) is 4.79 Å². The molecule has 3 aromatic carbocycles. The minimum absolute atomic E-state index is 0.133. The zero-order valence-corrected chi connectivity index (χ0v) is 16.2. The van der Waals surface area contributed by atoms with Crippen molar-refractivity contribution in [2.45, 2.75) is 22.7 Å². The normalized spacial score (nSPS) is 19.2. The first kappa shape index (κ1) is 17.1. The average molecular weight is 406 g/mol. The van der Waals surface area contributed by atoms with Gasteiger partial charge in [0.2, 0.25) is 0 Å². The predicted molar refractivity (Wildman–Crippen MR) is 106 cm³/mol. The quantitative estimate of drug-likeness (QED) is 0.437. The number of benzene rings is 3. The fourth-order valence-electron chi connectivity index (χ4n) is 3.40. The monoisotopic (exact) mass is 407 g/mol. The molecular weight excluding hydrogens is 385 g/mol. The van der Waals surface area contributed by atoms with Gasteiger partial charge in [0, 0.05) is 0 Å². The van der Waals surface area contributed by atoms with Crippen molar-refractivity contribution in [1.82, 2.24) is 4.90 Å². The number of hydrogen-bond donors (Lipinski definition) is 0. The van der Waals surface area contributed by atoms with Gasteiger partial charge in [0.15, 0.2) is 0 Å². The van der Waals surface area contributed by atoms with Gasteiger partial charge in [-0.15, -0.1) is 0 Å². The number of β-lactam (4-membered cyclic amide) rings is 1. The van der Waals surface area contributed by atoms with E-state index >= 15 is 0 Å². The number of hydrogen-bond acceptors (Lipinski definition) is 1. The molecule has 0 unspecified atom stereocenters. The number of likely N-dealkylation sites (tertiary alicyclic amines) is 1. The number of amides is 1. The van der Waals surface area contributed by atoms with Gasteiger partial charge in [0.25, 0.3) is 0 Å². The van der Waals surface area contributed by atoms with Gasteiger partial charge in [0.1, 0.15) is 0 Å². The van der Waals surface area contributed by atoms with Gasteiger partial charge >= 0.3 is 161 Å². The molecule has 1 aliphatic rings. The van der Waals surface area contributed by atoms with E-state index in [1.54, 1.807) is 0 Å². The third-order valence-electron chi connectivity index (χ3n) is 4.76. The molecule has 0 saturated carbocycles. The van der Waals surface area contributed by atoms with Gasteiger partial charge in [-0.1, -0.05) is 0 Å². The van der Waals surface area contributed by atoms with E-state index in [0.717, 1.165) is 5.32 Å². The molecule has 1 aliphatic heterocycles. The third kappa shape index (κ3) is 3.60. The summed E-state index contributed by atoms with van der Waals surface area (Å²) in [6.07, 6.45) is 0. The molecular formula is C23H21NOSe. The van der Waals surface area contributed by atoms with Crippen LogP contribution in [0.25, 0.3) is 0 Å². The van der Waals surface area contributed by atoms with Gasteiger partial charge < -0.3 is 0 Å². The van der Waals surface area contributed by atoms with Crippen molar-refractivity contribution in [3.05, 3.63) is 108 Å². The predicted octanol–water partition coefficient (Wildman–Crippen LogP) is 4.46. The van der Waals surface area contributed by atoms with Crippen LogP contribution in [0.15, 0.2) is 91.0 Å². The van der Waals surface area contributed by atoms with Crippen LogP contribution in [-0.4, -0.2) is 25.8 Å². The first-order valence-corrected chi connectivity index (χ1v) is 11.1. The fourth-order valence-corrected chi connectivity index (χ4v) is 6.19. The molecule has 26 heavy (non-hydrogen) atoms. The van der Waals surface area contributed by atoms with Gasteiger partial charge in [-0.05, 0) is 0 Å². The van der Waals surface area contributed by atoms with Gasteiger partial charge in [-0.25, -0.2) is 0 Å². The summed E-state index contributed by atoms with van der Waals surface area (Å²) in [5.41, 5.74) is 3.77. The summed E-state index contributed by atoms with van der Waals surface area (Å²) >= 11 is 0.256. The van der Waals surface area contributed by atoms with Crippen LogP contribution in [0.4, 0.5) is 0 Å². The zero-order valence-electron chi connectivity index (χ0n) is 14.5. The van der Waals surface area contributed by atoms with Crippen molar-refractivity contribution in [2.24, 2.45) is 0 Å². The van der Waals surface area contributed by atoms with Crippen LogP contribution in [0, 0.1) is 0 Å². The van der Waals surface area contributed by atoms with E-state index in [1.807, 2.05) is 35.2 Å². The minimum atomic E-state index is 0.133. The fraction of sp³-hybridized carbons (Fsp3) is 0.174. The summed E-state index contributed by atoms with van der Waals surface area (Å²) in [5.74, 6) is 0.304. The van der Waals surface area contributed by atoms with Crippen LogP contribution in [0.1, 0.15) is 22.7 Å². The molecule has 0 N–H and O–H groups in total. The van der Waals surface area contributed by atoms with Crippen LogP contribution >= 0.6 is 0 Å². The molecule has 0 aromatic heterocycles. The molecule has 4 rings (SSSR count). The van der Waals surface area contributed by atoms with E-state index in [0.29, 0.717) is 12.5 Å². The van der Waals surface area contributed by atoms with Crippen LogP contribution in [0.3, 0.4) is 0 Å². The Morgan fingerprint density at radius 3 is 1.88 bits per heavy atom. The molecule has 2 nitrogen and oxygen atoms in total. The summed E-state index contributed by atoms with van der Waals surface area (Å²) in [6.45, 7) is 0.692. The van der Waals surface area contributed by atoms with Crippen LogP contribution in [0.5, 0.6) is 0 Å². The summed E-state index contributed by atoms with van der Waals surface area (Å²) in [5, 5.41) is 1.01. The van der Waals surface area contributed by atoms with E-state index in [4.69, 9.17) is 0 Å². The van der Waals surface area contributed by atoms with Crippen LogP contribution in [0.2, 0.25) is 4.82 Å². The summed E-state index contributed by atoms with van der Waals surface area (Å²) < 4.78 is 0. The molecule has 3 heteroatoms. The molecule has 130 valence electrons. The van der Waals surface area contributed by atoms with Crippen molar-refractivity contribution in [3.63, 3.8) is 0 Å². The molecule has 1 saturated heterocycles. The summed E-state index contributed by atoms with van der Waals surface area (Å²) in [4.78, 5) is 15.1. The van der Waals surface area contributed by atoms with E-state index in [1.165, 1.54) is 16.7 Å². The number of carbonyl (C=O) groups excluding carboxylic acids is 1. The maximum absolute atomic E-state index is 12.9. The van der Waals surface area contributed by atoms with Gasteiger partial charge in [0.05, 0.1) is 0 Å². The first-order valence-electron chi connectivity index (χ1n) is 8.88. The SMILES string of the molecule is O=C1[C@H]([Se]Cc2ccccc2)[C@@H](c2ccccc2)N1Cc1ccccc1. The second-order valence-corrected chi connectivity index (χ2v) is 8.90. The maximum atomic E-state index is 12.9. The summed E-state index contributed by atoms with van der Waals surface area (Å²) in [6, 6.07) is 31.5. The molecule has 0 bridgehead atoms. The number of nitrogens with zero attached hydrogens (tertiary/aromatic N) is 1. The Labute approximate surface area is 161 Å². The molecule has 0 aliphatic carbocycles. The Morgan fingerprint density at radius 2 is 1.27 bits per heavy atom. The molecule has 1 heterocycles. The standard InChI is InChI=1S/C23H21NOSe/c25-23-22(26-17-19-12-6-2-7-13-19)21(20-14-8-3-9-15-20)24(23)16-18-10-4-1-5-11-18/h1-15,21-22H,16-17H2/t21-,22-/m1/s1. The second-order valence-electron chi connectivity index (χ2n) is 6.52. The number of carbonyl (C=O) groups is 1. The Bertz CT molecular complexity index is 851. The van der Waals surface area contributed by atoms with Crippen molar-refractivity contribution in [1.29, 1.82) is 0 Å². The molecule has 0 spiro atoms. The van der Waals surface area contributed by atoms with E-state index in [2.05, 4.69) is 60.7 Å². The van der Waals surface area contributed by atoms with Crippen molar-refractivity contribution < 1.29 is 4.79 Å². The molecule has 1 fully saturated rings. The van der Waals surface area contributed by atoms with Gasteiger partial charge in [-0.3, -0.25) is 0 Å². The van der Waals surface area contributed by atoms with Crippen molar-refractivity contribution in [2.75, 3.05) is 0 Å². The topological polar surface area (TPSA) is 20.3 Å². The molecule has 3 aromatic rings. The van der Waals surface area contributed by atoms with Crippen LogP contribution in [-0.2, 0) is 16.7 Å². The van der Waals surface area contributed by atoms with Crippen LogP contribution < -0.4 is 0 Å². The average Bonchev–Trinajstić information content (AvgIpc) is 2.71. The summed E-state index contributed by atoms with van der Waals surface area (Å²) in [7, 11) is 0. The zero-order chi connectivity index (χ0) is 17.8. The molecule has 1 amide bonds. The van der Waals surface area contributed by atoms with Crippen molar-refractivity contribution in [3.8, 4) is 0 Å². The second kappa shape index (κ2) is 7.90.